The summed E-state index contributed by atoms with van der Waals surface area (Å²) in [6.45, 7) is 0. The van der Waals surface area contributed by atoms with E-state index in [1.54, 1.807) is 0 Å². The standard InChI is InChI=1S/C33H19ClN4O/c34-33-36-31(35-32(37-33)24-13-8-16-29-30(24)23-12-5-7-15-28(23)39-29)20-17-18-27-25(19-20)22-11-4-6-14-26(22)38(27)21-9-2-1-3-10-21/h1-19H. The molecule has 8 rings (SSSR count). The fourth-order valence-corrected chi connectivity index (χ4v) is 5.69. The van der Waals surface area contributed by atoms with E-state index in [1.807, 2.05) is 54.6 Å². The number of aromatic nitrogens is 4. The van der Waals surface area contributed by atoms with Crippen LogP contribution in [0.4, 0.5) is 0 Å². The van der Waals surface area contributed by atoms with E-state index in [-0.39, 0.29) is 5.28 Å². The van der Waals surface area contributed by atoms with Crippen molar-refractivity contribution in [1.29, 1.82) is 0 Å². The van der Waals surface area contributed by atoms with E-state index in [2.05, 4.69) is 75.2 Å². The van der Waals surface area contributed by atoms with Gasteiger partial charge in [0, 0.05) is 38.4 Å². The molecule has 0 aliphatic heterocycles. The largest absolute Gasteiger partial charge is 0.456 e. The van der Waals surface area contributed by atoms with Gasteiger partial charge in [-0.3, -0.25) is 0 Å². The van der Waals surface area contributed by atoms with Crippen LogP contribution in [0.2, 0.25) is 5.28 Å². The second kappa shape index (κ2) is 8.51. The van der Waals surface area contributed by atoms with E-state index in [4.69, 9.17) is 21.0 Å². The molecule has 8 aromatic rings. The van der Waals surface area contributed by atoms with Crippen molar-refractivity contribution < 1.29 is 4.42 Å². The van der Waals surface area contributed by atoms with Gasteiger partial charge in [0.15, 0.2) is 11.6 Å². The lowest BCUT2D eigenvalue weighted by Crippen LogP contribution is -1.98. The van der Waals surface area contributed by atoms with Crippen molar-refractivity contribution in [2.75, 3.05) is 0 Å². The molecular weight excluding hydrogens is 504 g/mol. The van der Waals surface area contributed by atoms with Crippen LogP contribution in [-0.4, -0.2) is 19.5 Å². The molecule has 3 aromatic heterocycles. The average molecular weight is 523 g/mol. The quantitative estimate of drug-likeness (QED) is 0.232. The molecule has 0 bridgehead atoms. The lowest BCUT2D eigenvalue weighted by molar-refractivity contribution is 0.669. The highest BCUT2D eigenvalue weighted by Crippen LogP contribution is 2.37. The van der Waals surface area contributed by atoms with E-state index in [9.17, 15) is 0 Å². The molecule has 0 radical (unpaired) electrons. The number of hydrogen-bond donors (Lipinski definition) is 0. The number of nitrogens with zero attached hydrogens (tertiary/aromatic N) is 4. The minimum Gasteiger partial charge on any atom is -0.456 e. The summed E-state index contributed by atoms with van der Waals surface area (Å²) in [6, 6.07) is 39.0. The maximum Gasteiger partial charge on any atom is 0.226 e. The van der Waals surface area contributed by atoms with Crippen LogP contribution in [0.3, 0.4) is 0 Å². The number of halogens is 1. The van der Waals surface area contributed by atoms with Crippen molar-refractivity contribution in [2.45, 2.75) is 0 Å². The first-order valence-corrected chi connectivity index (χ1v) is 13.0. The number of para-hydroxylation sites is 3. The van der Waals surface area contributed by atoms with Gasteiger partial charge in [-0.15, -0.1) is 0 Å². The van der Waals surface area contributed by atoms with E-state index in [1.165, 1.54) is 0 Å². The Bertz CT molecular complexity index is 2200. The summed E-state index contributed by atoms with van der Waals surface area (Å²) in [5.41, 5.74) is 6.69. The van der Waals surface area contributed by atoms with Crippen molar-refractivity contribution >= 4 is 55.3 Å². The van der Waals surface area contributed by atoms with Gasteiger partial charge < -0.3 is 8.98 Å². The first-order chi connectivity index (χ1) is 19.2. The fraction of sp³-hybridized carbons (Fsp3) is 0. The summed E-state index contributed by atoms with van der Waals surface area (Å²) in [5, 5.41) is 4.40. The molecule has 0 fully saturated rings. The molecule has 6 heteroatoms. The summed E-state index contributed by atoms with van der Waals surface area (Å²) >= 11 is 6.50. The Labute approximate surface area is 228 Å². The summed E-state index contributed by atoms with van der Waals surface area (Å²) in [4.78, 5) is 14.0. The van der Waals surface area contributed by atoms with Gasteiger partial charge in [-0.25, -0.2) is 4.98 Å². The zero-order chi connectivity index (χ0) is 25.9. The first kappa shape index (κ1) is 22.0. The lowest BCUT2D eigenvalue weighted by Gasteiger charge is -2.08. The first-order valence-electron chi connectivity index (χ1n) is 12.7. The van der Waals surface area contributed by atoms with Crippen molar-refractivity contribution in [3.8, 4) is 28.5 Å². The molecule has 0 saturated heterocycles. The second-order valence-corrected chi connectivity index (χ2v) is 9.79. The van der Waals surface area contributed by atoms with Gasteiger partial charge in [0.1, 0.15) is 11.2 Å². The summed E-state index contributed by atoms with van der Waals surface area (Å²) in [5.74, 6) is 1.03. The average Bonchev–Trinajstić information content (AvgIpc) is 3.53. The van der Waals surface area contributed by atoms with E-state index >= 15 is 0 Å². The molecule has 0 N–H and O–H groups in total. The van der Waals surface area contributed by atoms with Crippen LogP contribution in [0, 0.1) is 0 Å². The second-order valence-electron chi connectivity index (χ2n) is 9.45. The zero-order valence-electron chi connectivity index (χ0n) is 20.5. The highest BCUT2D eigenvalue weighted by molar-refractivity contribution is 6.28. The molecule has 5 aromatic carbocycles. The van der Waals surface area contributed by atoms with Crippen molar-refractivity contribution in [1.82, 2.24) is 19.5 Å². The Kier molecular flexibility index (Phi) is 4.81. The third-order valence-electron chi connectivity index (χ3n) is 7.20. The van der Waals surface area contributed by atoms with Gasteiger partial charge >= 0.3 is 0 Å². The molecule has 0 spiro atoms. The predicted octanol–water partition coefficient (Wildman–Crippen LogP) is 8.86. The van der Waals surface area contributed by atoms with Crippen molar-refractivity contribution in [3.05, 3.63) is 121 Å². The smallest absolute Gasteiger partial charge is 0.226 e. The molecule has 184 valence electrons. The Morgan fingerprint density at radius 3 is 2.18 bits per heavy atom. The normalized spacial score (nSPS) is 11.7. The number of rotatable bonds is 3. The molecule has 3 heterocycles. The van der Waals surface area contributed by atoms with Gasteiger partial charge in [0.2, 0.25) is 5.28 Å². The van der Waals surface area contributed by atoms with Crippen LogP contribution < -0.4 is 0 Å². The van der Waals surface area contributed by atoms with Crippen LogP contribution in [-0.2, 0) is 0 Å². The number of fused-ring (bicyclic) bond motifs is 6. The van der Waals surface area contributed by atoms with Gasteiger partial charge in [0.05, 0.1) is 11.0 Å². The number of benzene rings is 5. The number of hydrogen-bond acceptors (Lipinski definition) is 4. The molecule has 5 nitrogen and oxygen atoms in total. The highest BCUT2D eigenvalue weighted by Gasteiger charge is 2.18. The molecule has 0 saturated carbocycles. The van der Waals surface area contributed by atoms with Crippen molar-refractivity contribution in [3.63, 3.8) is 0 Å². The van der Waals surface area contributed by atoms with Crippen LogP contribution in [0.1, 0.15) is 0 Å². The van der Waals surface area contributed by atoms with Crippen LogP contribution >= 0.6 is 11.6 Å². The van der Waals surface area contributed by atoms with Crippen LogP contribution in [0.15, 0.2) is 120 Å². The Balaban J connectivity index is 1.34. The summed E-state index contributed by atoms with van der Waals surface area (Å²) in [6.07, 6.45) is 0. The molecular formula is C33H19ClN4O. The minimum absolute atomic E-state index is 0.145. The maximum absolute atomic E-state index is 6.50. The molecule has 39 heavy (non-hydrogen) atoms. The molecule has 0 unspecified atom stereocenters. The van der Waals surface area contributed by atoms with Crippen molar-refractivity contribution in [2.24, 2.45) is 0 Å². The molecule has 0 amide bonds. The predicted molar refractivity (Wildman–Crippen MR) is 157 cm³/mol. The molecule has 0 aliphatic rings. The highest BCUT2D eigenvalue weighted by atomic mass is 35.5. The number of furan rings is 1. The maximum atomic E-state index is 6.50. The Hall–Kier alpha value is -5.00. The monoisotopic (exact) mass is 522 g/mol. The molecule has 0 atom stereocenters. The summed E-state index contributed by atoms with van der Waals surface area (Å²) < 4.78 is 8.36. The van der Waals surface area contributed by atoms with E-state index in [0.29, 0.717) is 11.6 Å². The Morgan fingerprint density at radius 1 is 0.564 bits per heavy atom. The lowest BCUT2D eigenvalue weighted by atomic mass is 10.1. The third kappa shape index (κ3) is 3.44. The fourth-order valence-electron chi connectivity index (χ4n) is 5.53. The van der Waals surface area contributed by atoms with Gasteiger partial charge in [0.25, 0.3) is 0 Å². The van der Waals surface area contributed by atoms with E-state index in [0.717, 1.165) is 60.6 Å². The minimum atomic E-state index is 0.145. The van der Waals surface area contributed by atoms with Gasteiger partial charge in [-0.1, -0.05) is 66.7 Å². The Morgan fingerprint density at radius 2 is 1.28 bits per heavy atom. The van der Waals surface area contributed by atoms with Crippen LogP contribution in [0.25, 0.3) is 72.2 Å². The summed E-state index contributed by atoms with van der Waals surface area (Å²) in [7, 11) is 0. The van der Waals surface area contributed by atoms with Crippen LogP contribution in [0.5, 0.6) is 0 Å². The molecule has 0 aliphatic carbocycles. The van der Waals surface area contributed by atoms with E-state index < -0.39 is 0 Å². The topological polar surface area (TPSA) is 56.7 Å². The van der Waals surface area contributed by atoms with Gasteiger partial charge in [-0.05, 0) is 60.1 Å². The SMILES string of the molecule is Clc1nc(-c2ccc3c(c2)c2ccccc2n3-c2ccccc2)nc(-c2cccc3oc4ccccc4c23)n1. The third-order valence-corrected chi connectivity index (χ3v) is 7.37. The van der Waals surface area contributed by atoms with Gasteiger partial charge in [-0.2, -0.15) is 9.97 Å². The zero-order valence-corrected chi connectivity index (χ0v) is 21.3.